The maximum absolute atomic E-state index is 13.4. The van der Waals surface area contributed by atoms with E-state index in [0.717, 1.165) is 24.2 Å². The lowest BCUT2D eigenvalue weighted by Gasteiger charge is -2.39. The van der Waals surface area contributed by atoms with Gasteiger partial charge in [-0.3, -0.25) is 44.0 Å². The second kappa shape index (κ2) is 26.5. The number of hydrogen-bond acceptors (Lipinski definition) is 17. The number of aliphatic hydroxyl groups is 4. The van der Waals surface area contributed by atoms with Crippen LogP contribution in [0.5, 0.6) is 17.2 Å². The number of fused-ring (bicyclic) bond motifs is 3. The topological polar surface area (TPSA) is 318 Å². The molecule has 3 aromatic carbocycles. The number of methoxy groups -OCH3 is 1. The number of hydrogen-bond donors (Lipinski definition) is 8. The van der Waals surface area contributed by atoms with Crippen LogP contribution in [0, 0.1) is 5.92 Å². The molecule has 2 fully saturated rings. The molecule has 0 radical (unpaired) electrons. The minimum absolute atomic E-state index is 0.0209. The third-order valence-electron chi connectivity index (χ3n) is 13.6. The maximum atomic E-state index is 13.4. The molecule has 0 saturated carbocycles. The number of imide groups is 1. The summed E-state index contributed by atoms with van der Waals surface area (Å²) < 4.78 is 29.9. The Morgan fingerprint density at radius 2 is 1.51 bits per heavy atom. The lowest BCUT2D eigenvalue weighted by Crippen LogP contribution is -2.60. The monoisotopic (exact) mass is 1090 g/mol. The molecule has 0 unspecified atom stereocenters. The van der Waals surface area contributed by atoms with Crippen LogP contribution in [-0.2, 0) is 42.3 Å². The number of nitrogens with one attached hydrogen (secondary N) is 4. The van der Waals surface area contributed by atoms with Gasteiger partial charge >= 0.3 is 6.09 Å². The van der Waals surface area contributed by atoms with Crippen LogP contribution >= 0.6 is 0 Å². The summed E-state index contributed by atoms with van der Waals surface area (Å²) >= 11 is 0. The molecule has 24 heteroatoms. The number of rotatable bonds is 22. The van der Waals surface area contributed by atoms with Gasteiger partial charge in [-0.2, -0.15) is 0 Å². The number of aliphatic hydroxyl groups excluding tert-OH is 4. The first-order valence-electron chi connectivity index (χ1n) is 26.0. The van der Waals surface area contributed by atoms with Gasteiger partial charge in [-0.25, -0.2) is 4.79 Å². The Kier molecular flexibility index (Phi) is 19.1. The summed E-state index contributed by atoms with van der Waals surface area (Å²) in [5.74, 6) is -1.09. The zero-order valence-electron chi connectivity index (χ0n) is 43.6. The van der Waals surface area contributed by atoms with Gasteiger partial charge in [0.05, 0.1) is 42.9 Å². The fourth-order valence-electron chi connectivity index (χ4n) is 9.32. The molecule has 2 saturated heterocycles. The summed E-state index contributed by atoms with van der Waals surface area (Å²) in [7, 11) is 3.16. The van der Waals surface area contributed by atoms with Crippen molar-refractivity contribution in [3.05, 3.63) is 95.8 Å². The van der Waals surface area contributed by atoms with E-state index in [9.17, 15) is 54.0 Å². The summed E-state index contributed by atoms with van der Waals surface area (Å²) in [6.45, 7) is 0.753. The van der Waals surface area contributed by atoms with E-state index in [1.54, 1.807) is 54.2 Å². The number of carbonyl (C=O) groups is 7. The molecule has 8 N–H and O–H groups in total. The van der Waals surface area contributed by atoms with Crippen molar-refractivity contribution in [3.63, 3.8) is 0 Å². The van der Waals surface area contributed by atoms with E-state index in [1.807, 2.05) is 11.1 Å². The second-order valence-corrected chi connectivity index (χ2v) is 19.4. The molecule has 8 rings (SSSR count). The Bertz CT molecular complexity index is 2940. The number of amides is 7. The predicted molar refractivity (Wildman–Crippen MR) is 285 cm³/mol. The number of ether oxygens (including phenoxy) is 5. The Hall–Kier alpha value is -8.16. The van der Waals surface area contributed by atoms with Crippen molar-refractivity contribution in [2.24, 2.45) is 18.0 Å². The minimum atomic E-state index is -1.74. The summed E-state index contributed by atoms with van der Waals surface area (Å²) in [6.07, 6.45) is 2.03. The molecule has 4 aliphatic heterocycles. The molecule has 4 aromatic rings. The van der Waals surface area contributed by atoms with Gasteiger partial charge in [0.2, 0.25) is 18.1 Å². The number of aromatic nitrogens is 1. The highest BCUT2D eigenvalue weighted by atomic mass is 16.7. The molecule has 7 amide bonds. The number of anilines is 4. The van der Waals surface area contributed by atoms with Crippen LogP contribution in [-0.4, -0.2) is 153 Å². The van der Waals surface area contributed by atoms with Crippen molar-refractivity contribution < 1.29 is 77.7 Å². The van der Waals surface area contributed by atoms with Crippen molar-refractivity contribution in [2.75, 3.05) is 61.2 Å². The van der Waals surface area contributed by atoms with E-state index in [4.69, 9.17) is 23.7 Å². The first-order chi connectivity index (χ1) is 38.1. The third-order valence-corrected chi connectivity index (χ3v) is 13.6. The smallest absolute Gasteiger partial charge is 0.411 e. The quantitative estimate of drug-likeness (QED) is 0.0400. The zero-order chi connectivity index (χ0) is 56.2. The minimum Gasteiger partial charge on any atom is -0.493 e. The van der Waals surface area contributed by atoms with Gasteiger partial charge in [0.1, 0.15) is 42.5 Å². The Morgan fingerprint density at radius 1 is 0.772 bits per heavy atom. The van der Waals surface area contributed by atoms with E-state index in [-0.39, 0.29) is 79.3 Å². The first-order valence-corrected chi connectivity index (χ1v) is 26.0. The summed E-state index contributed by atoms with van der Waals surface area (Å²) in [4.78, 5) is 97.1. The van der Waals surface area contributed by atoms with Gasteiger partial charge in [0.25, 0.3) is 23.6 Å². The van der Waals surface area contributed by atoms with Gasteiger partial charge in [-0.1, -0.05) is 18.9 Å². The average molecular weight is 1090 g/mol. The van der Waals surface area contributed by atoms with E-state index < -0.39 is 55.2 Å². The van der Waals surface area contributed by atoms with Crippen LogP contribution in [0.3, 0.4) is 0 Å². The molecule has 420 valence electrons. The fourth-order valence-corrected chi connectivity index (χ4v) is 9.32. The third kappa shape index (κ3) is 14.7. The molecule has 5 heterocycles. The molecule has 1 aromatic heterocycles. The van der Waals surface area contributed by atoms with Gasteiger partial charge in [0, 0.05) is 87.4 Å². The van der Waals surface area contributed by atoms with Crippen molar-refractivity contribution in [3.8, 4) is 17.2 Å². The molecule has 6 atom stereocenters. The molecular weight excluding hydrogens is 1030 g/mol. The van der Waals surface area contributed by atoms with Crippen molar-refractivity contribution in [1.82, 2.24) is 14.4 Å². The lowest BCUT2D eigenvalue weighted by atomic mass is 9.99. The van der Waals surface area contributed by atoms with Crippen LogP contribution in [0.25, 0.3) is 0 Å². The molecular formula is C55H64N8O16. The van der Waals surface area contributed by atoms with Crippen LogP contribution in [0.15, 0.2) is 84.0 Å². The van der Waals surface area contributed by atoms with Crippen LogP contribution < -0.4 is 35.5 Å². The summed E-state index contributed by atoms with van der Waals surface area (Å²) in [5.41, 5.74) is 2.84. The number of aryl methyl sites for hydroxylation is 1. The number of benzene rings is 3. The molecule has 79 heavy (non-hydrogen) atoms. The highest BCUT2D eigenvalue weighted by molar-refractivity contribution is 6.13. The van der Waals surface area contributed by atoms with E-state index in [2.05, 4.69) is 26.3 Å². The fraction of sp³-hybridized carbons (Fsp3) is 0.418. The van der Waals surface area contributed by atoms with Crippen molar-refractivity contribution in [2.45, 2.75) is 95.1 Å². The van der Waals surface area contributed by atoms with Crippen LogP contribution in [0.4, 0.5) is 33.2 Å². The Morgan fingerprint density at radius 3 is 2.25 bits per heavy atom. The maximum Gasteiger partial charge on any atom is 0.411 e. The normalized spacial score (nSPS) is 20.6. The number of unbranched alkanes of at least 4 members (excludes halogenated alkanes) is 2. The number of nitrogens with zero attached hydrogens (tertiary/aromatic N) is 4. The molecule has 24 nitrogen and oxygen atoms in total. The van der Waals surface area contributed by atoms with Crippen LogP contribution in [0.1, 0.15) is 84.2 Å². The van der Waals surface area contributed by atoms with E-state index in [1.165, 1.54) is 43.5 Å². The zero-order valence-corrected chi connectivity index (χ0v) is 43.6. The molecule has 0 spiro atoms. The highest BCUT2D eigenvalue weighted by Gasteiger charge is 2.45. The van der Waals surface area contributed by atoms with Gasteiger partial charge < -0.3 is 69.5 Å². The Balaban J connectivity index is 0.795. The number of carbonyl (C=O) groups excluding carboxylic acids is 7. The van der Waals surface area contributed by atoms with Crippen molar-refractivity contribution in [1.29, 1.82) is 0 Å². The Labute approximate surface area is 454 Å². The largest absolute Gasteiger partial charge is 0.493 e. The molecule has 4 aliphatic rings. The standard InChI is InChI=1S/C55H64N8O16/c1-61-29-36(57-45(65)11-8-22-76-43-26-38-37(25-42(43)75-2)53(73)62-20-7-5-9-33(28-62)27-56-38)24-40(61)52(72)58-34-13-15-35(16-14-34)59-55(74)77-31-32-12-17-41(78-54-51(71)50(70)49(69)44(30-64)79-54)39(23-32)60-46(66)10-4-3-6-21-63-47(67)18-19-48(63)68/h12-19,23-27,29,33,44,49-51,54,64,69-71H,3-11,20-22,28,30-31H2,1-2H3,(H,57,65)(H,58,72)(H,59,74)(H,60,66)/t33-,44-,49+,50+,51-,54-/m1/s1. The van der Waals surface area contributed by atoms with E-state index >= 15 is 0 Å². The van der Waals surface area contributed by atoms with Gasteiger partial charge in [-0.15, -0.1) is 0 Å². The summed E-state index contributed by atoms with van der Waals surface area (Å²) in [6, 6.07) is 15.5. The molecule has 2 bridgehead atoms. The summed E-state index contributed by atoms with van der Waals surface area (Å²) in [5, 5.41) is 51.8. The van der Waals surface area contributed by atoms with Crippen LogP contribution in [0.2, 0.25) is 0 Å². The first kappa shape index (κ1) is 57.0. The van der Waals surface area contributed by atoms with Gasteiger partial charge in [-0.05, 0) is 86.2 Å². The van der Waals surface area contributed by atoms with E-state index in [0.29, 0.717) is 84.1 Å². The highest BCUT2D eigenvalue weighted by Crippen LogP contribution is 2.38. The van der Waals surface area contributed by atoms with Crippen molar-refractivity contribution >= 4 is 76.2 Å². The van der Waals surface area contributed by atoms with Gasteiger partial charge in [0.15, 0.2) is 11.5 Å². The second-order valence-electron chi connectivity index (χ2n) is 19.4. The SMILES string of the molecule is COc1cc2c(cc1OCCCC(=O)Nc1cc(C(=O)Nc3ccc(NC(=O)OCc4ccc(O[C@@H]5O[C@H](CO)[C@H](O)[C@H](O)[C@H]5O)c(NC(=O)CCCCCN5C(=O)C=CC5=O)c4)cc3)n(C)c1)N=C[C@H]1CCCCN(C1)C2=O. The average Bonchev–Trinajstić information content (AvgIpc) is 3.84. The predicted octanol–water partition coefficient (Wildman–Crippen LogP) is 4.39. The lowest BCUT2D eigenvalue weighted by molar-refractivity contribution is -0.277. The molecule has 0 aliphatic carbocycles. The number of aliphatic imine (C=N–C) groups is 1.